The van der Waals surface area contributed by atoms with Gasteiger partial charge in [0.2, 0.25) is 0 Å². The highest BCUT2D eigenvalue weighted by Gasteiger charge is 2.30. The predicted molar refractivity (Wildman–Crippen MR) is 201 cm³/mol. The number of aromatic amines is 1. The van der Waals surface area contributed by atoms with Crippen molar-refractivity contribution in [2.24, 2.45) is 4.99 Å². The number of aliphatic imine (C=N–C) groups is 1. The lowest BCUT2D eigenvalue weighted by Crippen LogP contribution is -2.36. The maximum Gasteiger partial charge on any atom is 0.190 e. The lowest BCUT2D eigenvalue weighted by Gasteiger charge is -2.26. The zero-order chi connectivity index (χ0) is 35.0. The smallest absolute Gasteiger partial charge is 0.190 e. The largest absolute Gasteiger partial charge is 0.485 e. The molecule has 0 aliphatic carbocycles. The third kappa shape index (κ3) is 6.52. The van der Waals surface area contributed by atoms with Crippen LogP contribution in [0.5, 0.6) is 23.0 Å². The molecule has 6 heterocycles. The molecule has 0 radical (unpaired) electrons. The maximum absolute atomic E-state index is 6.09. The van der Waals surface area contributed by atoms with Crippen LogP contribution in [0.3, 0.4) is 0 Å². The number of hydrogen-bond acceptors (Lipinski definition) is 8. The Morgan fingerprint density at radius 2 is 1.21 bits per heavy atom. The second kappa shape index (κ2) is 13.7. The van der Waals surface area contributed by atoms with E-state index in [4.69, 9.17) is 47.1 Å². The van der Waals surface area contributed by atoms with Crippen molar-refractivity contribution in [1.82, 2.24) is 19.9 Å². The lowest BCUT2D eigenvalue weighted by atomic mass is 10.0. The van der Waals surface area contributed by atoms with Gasteiger partial charge in [0.1, 0.15) is 13.2 Å². The number of nitrogens with zero attached hydrogens (tertiary/aromatic N) is 4. The first-order chi connectivity index (χ1) is 25.5. The van der Waals surface area contributed by atoms with E-state index < -0.39 is 0 Å². The number of halogens is 2. The van der Waals surface area contributed by atoms with Crippen molar-refractivity contribution < 1.29 is 18.9 Å². The van der Waals surface area contributed by atoms with Crippen LogP contribution in [-0.2, 0) is 6.42 Å². The van der Waals surface area contributed by atoms with Gasteiger partial charge < -0.3 is 23.9 Å². The van der Waals surface area contributed by atoms with Crippen LogP contribution in [0.4, 0.5) is 5.69 Å². The number of benzene rings is 4. The van der Waals surface area contributed by atoms with Crippen molar-refractivity contribution in [3.05, 3.63) is 143 Å². The number of rotatable bonds is 4. The van der Waals surface area contributed by atoms with Crippen LogP contribution in [0.25, 0.3) is 33.3 Å². The minimum absolute atomic E-state index is 0.197. The quantitative estimate of drug-likeness (QED) is 0.193. The van der Waals surface area contributed by atoms with Gasteiger partial charge in [0.25, 0.3) is 0 Å². The first-order valence-electron chi connectivity index (χ1n) is 16.7. The molecule has 0 saturated carbocycles. The average Bonchev–Trinajstić information content (AvgIpc) is 3.82. The van der Waals surface area contributed by atoms with Gasteiger partial charge in [-0.1, -0.05) is 41.4 Å². The third-order valence-corrected chi connectivity index (χ3v) is 9.53. The van der Waals surface area contributed by atoms with Crippen LogP contribution in [0, 0.1) is 0 Å². The van der Waals surface area contributed by atoms with Gasteiger partial charge in [-0.2, -0.15) is 0 Å². The molecule has 3 aliphatic rings. The molecule has 0 bridgehead atoms. The predicted octanol–water partition coefficient (Wildman–Crippen LogP) is 9.66. The number of pyridine rings is 2. The van der Waals surface area contributed by atoms with Crippen molar-refractivity contribution >= 4 is 45.6 Å². The lowest BCUT2D eigenvalue weighted by molar-refractivity contribution is 0.0859. The first kappa shape index (κ1) is 32.0. The highest BCUT2D eigenvalue weighted by molar-refractivity contribution is 6.31. The van der Waals surface area contributed by atoms with E-state index in [1.54, 1.807) is 49.1 Å². The standard InChI is InChI=1S/C21H15ClN2O2.C20H14ClN3O2/c22-16-3-4-19-20(11-16)26-21(12-25-19)18-10-15-2-1-14(9-17(15)24-18)13-5-7-23-8-6-13;21-14-2-4-17-18(10-14)25-11-19(26-17)20-23-15-3-1-13(9-16(15)24-20)12-5-7-22-8-6-12/h1-9,11,21H,10,12H2;1-10,19H,11H2,(H,23,24). The SMILES string of the molecule is Clc1ccc2c(c1)OC(C1=Nc3cc(-c4ccncc4)ccc3C1)CO2.Clc1ccc2c(c1)OCC(c1nc3ccc(-c4ccncc4)cc3[nH]1)O2. The Morgan fingerprint density at radius 1 is 0.577 bits per heavy atom. The monoisotopic (exact) mass is 725 g/mol. The van der Waals surface area contributed by atoms with Crippen molar-refractivity contribution in [1.29, 1.82) is 0 Å². The van der Waals surface area contributed by atoms with Gasteiger partial charge in [-0.3, -0.25) is 15.0 Å². The number of ether oxygens (including phenoxy) is 4. The second-order valence-corrected chi connectivity index (χ2v) is 13.3. The number of aromatic nitrogens is 4. The molecule has 52 heavy (non-hydrogen) atoms. The fraction of sp³-hybridized carbons (Fsp3) is 0.122. The summed E-state index contributed by atoms with van der Waals surface area (Å²) in [5.74, 6) is 3.47. The van der Waals surface area contributed by atoms with Crippen LogP contribution < -0.4 is 18.9 Å². The minimum atomic E-state index is -0.291. The molecular weight excluding hydrogens is 697 g/mol. The fourth-order valence-electron chi connectivity index (χ4n) is 6.41. The Balaban J connectivity index is 0.000000138. The molecule has 2 atom stereocenters. The van der Waals surface area contributed by atoms with Crippen molar-refractivity contribution in [3.8, 4) is 45.3 Å². The number of imidazole rings is 1. The highest BCUT2D eigenvalue weighted by Crippen LogP contribution is 2.39. The van der Waals surface area contributed by atoms with E-state index in [0.29, 0.717) is 40.5 Å². The van der Waals surface area contributed by atoms with E-state index in [1.165, 1.54) is 5.56 Å². The summed E-state index contributed by atoms with van der Waals surface area (Å²) >= 11 is 12.1. The molecule has 0 spiro atoms. The fourth-order valence-corrected chi connectivity index (χ4v) is 6.74. The van der Waals surface area contributed by atoms with Gasteiger partial charge in [-0.25, -0.2) is 4.98 Å². The highest BCUT2D eigenvalue weighted by atomic mass is 35.5. The maximum atomic E-state index is 6.09. The molecule has 10 rings (SSSR count). The summed E-state index contributed by atoms with van der Waals surface area (Å²) in [4.78, 5) is 21.0. The average molecular weight is 727 g/mol. The molecule has 0 saturated heterocycles. The van der Waals surface area contributed by atoms with E-state index in [2.05, 4.69) is 50.3 Å². The molecule has 4 aromatic carbocycles. The molecule has 0 fully saturated rings. The summed E-state index contributed by atoms with van der Waals surface area (Å²) in [6.07, 6.45) is 7.46. The van der Waals surface area contributed by atoms with Gasteiger partial charge >= 0.3 is 0 Å². The topological polar surface area (TPSA) is 104 Å². The van der Waals surface area contributed by atoms with Crippen LogP contribution in [0.15, 0.2) is 127 Å². The van der Waals surface area contributed by atoms with E-state index in [-0.39, 0.29) is 12.2 Å². The Kier molecular flexibility index (Phi) is 8.42. The summed E-state index contributed by atoms with van der Waals surface area (Å²) in [7, 11) is 0. The van der Waals surface area contributed by atoms with Gasteiger partial charge in [0, 0.05) is 53.4 Å². The third-order valence-electron chi connectivity index (χ3n) is 9.06. The number of fused-ring (bicyclic) bond motifs is 4. The van der Waals surface area contributed by atoms with Crippen LogP contribution in [-0.4, -0.2) is 45.0 Å². The van der Waals surface area contributed by atoms with Gasteiger partial charge in [0.05, 0.1) is 22.4 Å². The number of nitrogens with one attached hydrogen (secondary N) is 1. The molecule has 1 N–H and O–H groups in total. The molecule has 0 amide bonds. The molecule has 3 aliphatic heterocycles. The summed E-state index contributed by atoms with van der Waals surface area (Å²) in [5, 5.41) is 1.25. The molecular formula is C41H29Cl2N5O4. The van der Waals surface area contributed by atoms with E-state index in [1.807, 2.05) is 42.5 Å². The van der Waals surface area contributed by atoms with Gasteiger partial charge in [-0.15, -0.1) is 0 Å². The number of H-pyrrole nitrogens is 1. The Bertz CT molecular complexity index is 2460. The van der Waals surface area contributed by atoms with Crippen molar-refractivity contribution in [3.63, 3.8) is 0 Å². The summed E-state index contributed by atoms with van der Waals surface area (Å²) < 4.78 is 23.7. The molecule has 7 aromatic rings. The summed E-state index contributed by atoms with van der Waals surface area (Å²) in [5.41, 5.74) is 9.52. The van der Waals surface area contributed by atoms with Crippen molar-refractivity contribution in [2.45, 2.75) is 18.6 Å². The van der Waals surface area contributed by atoms with Crippen LogP contribution in [0.1, 0.15) is 17.5 Å². The molecule has 256 valence electrons. The second-order valence-electron chi connectivity index (χ2n) is 12.5. The molecule has 9 nitrogen and oxygen atoms in total. The minimum Gasteiger partial charge on any atom is -0.485 e. The zero-order valence-electron chi connectivity index (χ0n) is 27.5. The molecule has 11 heteroatoms. The van der Waals surface area contributed by atoms with E-state index in [0.717, 1.165) is 62.7 Å². The Morgan fingerprint density at radius 3 is 1.98 bits per heavy atom. The normalized spacial score (nSPS) is 16.8. The first-order valence-corrected chi connectivity index (χ1v) is 17.5. The van der Waals surface area contributed by atoms with Gasteiger partial charge in [-0.05, 0) is 94.5 Å². The summed E-state index contributed by atoms with van der Waals surface area (Å²) in [6.45, 7) is 0.836. The van der Waals surface area contributed by atoms with E-state index >= 15 is 0 Å². The Hall–Kier alpha value is -5.90. The zero-order valence-corrected chi connectivity index (χ0v) is 29.0. The Labute approximate surface area is 308 Å². The van der Waals surface area contributed by atoms with Crippen LogP contribution in [0.2, 0.25) is 10.0 Å². The van der Waals surface area contributed by atoms with Gasteiger partial charge in [0.15, 0.2) is 41.0 Å². The van der Waals surface area contributed by atoms with Crippen LogP contribution >= 0.6 is 23.2 Å². The van der Waals surface area contributed by atoms with E-state index in [9.17, 15) is 0 Å². The van der Waals surface area contributed by atoms with Crippen molar-refractivity contribution in [2.75, 3.05) is 13.2 Å². The molecule has 2 unspecified atom stereocenters. The summed E-state index contributed by atoms with van der Waals surface area (Å²) in [6, 6.07) is 31.3. The molecule has 3 aromatic heterocycles. The number of hydrogen-bond donors (Lipinski definition) is 1.